The number of aliphatic hydroxyl groups excluding tert-OH is 1. The number of benzene rings is 4. The summed E-state index contributed by atoms with van der Waals surface area (Å²) in [4.78, 5) is 25.6. The molecule has 3 N–H and O–H groups in total. The molecule has 1 aliphatic rings. The first kappa shape index (κ1) is 34.8. The van der Waals surface area contributed by atoms with Crippen LogP contribution >= 0.6 is 11.8 Å². The van der Waals surface area contributed by atoms with E-state index in [9.17, 15) is 14.7 Å². The third kappa shape index (κ3) is 8.55. The predicted octanol–water partition coefficient (Wildman–Crippen LogP) is 5.64. The van der Waals surface area contributed by atoms with Crippen molar-refractivity contribution >= 4 is 29.4 Å². The Hall–Kier alpha value is -5.08. The molecule has 0 aliphatic carbocycles. The Kier molecular flexibility index (Phi) is 11.5. The van der Waals surface area contributed by atoms with Crippen LogP contribution in [0, 0.1) is 5.92 Å². The number of aromatic nitrogens is 4. The molecular weight excluding hydrogens is 657 g/mol. The summed E-state index contributed by atoms with van der Waals surface area (Å²) in [5.74, 6) is -0.0711. The quantitative estimate of drug-likeness (QED) is 0.111. The van der Waals surface area contributed by atoms with E-state index in [1.54, 1.807) is 22.9 Å². The monoisotopic (exact) mass is 694 g/mol. The first-order valence-corrected chi connectivity index (χ1v) is 17.2. The predicted molar refractivity (Wildman–Crippen MR) is 187 cm³/mol. The van der Waals surface area contributed by atoms with Crippen molar-refractivity contribution < 1.29 is 28.9 Å². The molecule has 6 rings (SSSR count). The summed E-state index contributed by atoms with van der Waals surface area (Å²) in [5, 5.41) is 28.1. The van der Waals surface area contributed by atoms with Crippen LogP contribution in [-0.4, -0.2) is 62.3 Å². The van der Waals surface area contributed by atoms with Gasteiger partial charge in [0.05, 0.1) is 31.6 Å². The van der Waals surface area contributed by atoms with Crippen LogP contribution in [0.15, 0.2) is 114 Å². The highest BCUT2D eigenvalue weighted by atomic mass is 32.2. The van der Waals surface area contributed by atoms with Gasteiger partial charge in [-0.05, 0) is 51.4 Å². The third-order valence-corrected chi connectivity index (χ3v) is 9.44. The molecule has 0 bridgehead atoms. The van der Waals surface area contributed by atoms with Crippen molar-refractivity contribution in [3.8, 4) is 5.69 Å². The molecule has 5 aromatic rings. The molecule has 1 aliphatic heterocycles. The summed E-state index contributed by atoms with van der Waals surface area (Å²) in [6.07, 6.45) is -1.10. The molecule has 2 heterocycles. The van der Waals surface area contributed by atoms with E-state index in [1.807, 2.05) is 91.0 Å². The summed E-state index contributed by atoms with van der Waals surface area (Å²) >= 11 is 1.49. The Morgan fingerprint density at radius 3 is 2.38 bits per heavy atom. The first-order valence-electron chi connectivity index (χ1n) is 16.2. The van der Waals surface area contributed by atoms with Crippen LogP contribution in [0.3, 0.4) is 0 Å². The zero-order valence-electron chi connectivity index (χ0n) is 27.6. The van der Waals surface area contributed by atoms with Gasteiger partial charge < -0.3 is 30.0 Å². The van der Waals surface area contributed by atoms with Crippen LogP contribution < -0.4 is 10.6 Å². The van der Waals surface area contributed by atoms with Crippen LogP contribution in [-0.2, 0) is 32.0 Å². The van der Waals surface area contributed by atoms with Crippen LogP contribution in [0.5, 0.6) is 0 Å². The Morgan fingerprint density at radius 2 is 1.66 bits per heavy atom. The largest absolute Gasteiger partial charge is 0.467 e. The summed E-state index contributed by atoms with van der Waals surface area (Å²) in [6.45, 7) is 2.03. The first-order chi connectivity index (χ1) is 24.4. The molecule has 13 heteroatoms. The topological polar surface area (TPSA) is 150 Å². The molecule has 258 valence electrons. The number of aliphatic hydroxyl groups is 1. The SMILES string of the molecule is COC(=O)C(Cc1ccccc1)NC(=O)Nc1cccc(C2OC(CSc3nnnn3-c3ccccc3)C(C)C(c3ccc(CO)cc3)O2)c1. The Labute approximate surface area is 294 Å². The van der Waals surface area contributed by atoms with E-state index in [1.165, 1.54) is 18.9 Å². The van der Waals surface area contributed by atoms with Crippen LogP contribution in [0.4, 0.5) is 10.5 Å². The van der Waals surface area contributed by atoms with Crippen LogP contribution in [0.2, 0.25) is 0 Å². The van der Waals surface area contributed by atoms with Crippen molar-refractivity contribution in [3.63, 3.8) is 0 Å². The zero-order valence-corrected chi connectivity index (χ0v) is 28.4. The molecule has 50 heavy (non-hydrogen) atoms. The molecule has 1 fully saturated rings. The average molecular weight is 695 g/mol. The lowest BCUT2D eigenvalue weighted by Crippen LogP contribution is -2.45. The number of hydrogen-bond donors (Lipinski definition) is 3. The van der Waals surface area contributed by atoms with Gasteiger partial charge in [0.1, 0.15) is 6.04 Å². The van der Waals surface area contributed by atoms with Gasteiger partial charge in [-0.2, -0.15) is 4.68 Å². The lowest BCUT2D eigenvalue weighted by atomic mass is 9.91. The second-order valence-corrected chi connectivity index (χ2v) is 12.8. The van der Waals surface area contributed by atoms with Crippen molar-refractivity contribution in [2.45, 2.75) is 49.6 Å². The van der Waals surface area contributed by atoms with Gasteiger partial charge in [-0.15, -0.1) is 5.10 Å². The standard InChI is InChI=1S/C37H38N6O6S/c1-24-32(23-50-37-40-41-42-43(37)30-14-7-4-8-15-30)48-35(49-33(24)27-18-16-26(22-44)17-19-27)28-12-9-13-29(21-28)38-36(46)39-31(34(45)47-2)20-25-10-5-3-6-11-25/h3-19,21,24,31-33,35,44H,20,22-23H2,1-2H3,(H2,38,39,46). The van der Waals surface area contributed by atoms with Gasteiger partial charge in [-0.25, -0.2) is 9.59 Å². The normalized spacial score (nSPS) is 19.3. The van der Waals surface area contributed by atoms with Crippen molar-refractivity contribution in [1.29, 1.82) is 0 Å². The van der Waals surface area contributed by atoms with E-state index in [4.69, 9.17) is 14.2 Å². The number of hydrogen-bond acceptors (Lipinski definition) is 10. The maximum Gasteiger partial charge on any atom is 0.328 e. The maximum absolute atomic E-state index is 13.1. The molecule has 5 atom stereocenters. The van der Waals surface area contributed by atoms with Gasteiger partial charge in [0.25, 0.3) is 0 Å². The number of anilines is 1. The zero-order chi connectivity index (χ0) is 34.9. The van der Waals surface area contributed by atoms with Gasteiger partial charge in [-0.1, -0.05) is 104 Å². The molecule has 12 nitrogen and oxygen atoms in total. The molecule has 4 aromatic carbocycles. The number of esters is 1. The lowest BCUT2D eigenvalue weighted by molar-refractivity contribution is -0.268. The number of thioether (sulfide) groups is 1. The molecule has 2 amide bonds. The van der Waals surface area contributed by atoms with E-state index in [0.717, 1.165) is 22.4 Å². The number of methoxy groups -OCH3 is 1. The molecule has 0 saturated carbocycles. The van der Waals surface area contributed by atoms with E-state index < -0.39 is 24.3 Å². The van der Waals surface area contributed by atoms with Gasteiger partial charge in [0, 0.05) is 29.3 Å². The van der Waals surface area contributed by atoms with Crippen molar-refractivity contribution in [2.75, 3.05) is 18.2 Å². The highest BCUT2D eigenvalue weighted by molar-refractivity contribution is 7.99. The second-order valence-electron chi connectivity index (χ2n) is 11.8. The smallest absolute Gasteiger partial charge is 0.328 e. The van der Waals surface area contributed by atoms with E-state index in [-0.39, 0.29) is 31.2 Å². The van der Waals surface area contributed by atoms with Gasteiger partial charge in [-0.3, -0.25) is 0 Å². The molecule has 0 spiro atoms. The summed E-state index contributed by atoms with van der Waals surface area (Å²) in [7, 11) is 1.29. The number of ether oxygens (including phenoxy) is 3. The van der Waals surface area contributed by atoms with Crippen molar-refractivity contribution in [1.82, 2.24) is 25.5 Å². The highest BCUT2D eigenvalue weighted by Gasteiger charge is 2.39. The van der Waals surface area contributed by atoms with E-state index in [0.29, 0.717) is 22.2 Å². The number of urea groups is 1. The fraction of sp³-hybridized carbons (Fsp3) is 0.270. The number of rotatable bonds is 12. The molecular formula is C37H38N6O6S. The van der Waals surface area contributed by atoms with Crippen molar-refractivity contribution in [2.24, 2.45) is 5.92 Å². The maximum atomic E-state index is 13.1. The number of para-hydroxylation sites is 1. The van der Waals surface area contributed by atoms with Crippen LogP contribution in [0.25, 0.3) is 5.69 Å². The van der Waals surface area contributed by atoms with Gasteiger partial charge >= 0.3 is 12.0 Å². The average Bonchev–Trinajstić information content (AvgIpc) is 3.63. The Morgan fingerprint density at radius 1 is 0.920 bits per heavy atom. The molecule has 0 radical (unpaired) electrons. The van der Waals surface area contributed by atoms with E-state index >= 15 is 0 Å². The number of amides is 2. The third-order valence-electron chi connectivity index (χ3n) is 8.43. The number of nitrogens with one attached hydrogen (secondary N) is 2. The minimum Gasteiger partial charge on any atom is -0.467 e. The fourth-order valence-corrected chi connectivity index (χ4v) is 6.79. The van der Waals surface area contributed by atoms with Gasteiger partial charge in [0.15, 0.2) is 6.29 Å². The number of nitrogens with zero attached hydrogens (tertiary/aromatic N) is 4. The number of tetrazole rings is 1. The Balaban J connectivity index is 1.19. The Bertz CT molecular complexity index is 1860. The molecule has 1 saturated heterocycles. The summed E-state index contributed by atoms with van der Waals surface area (Å²) in [5.41, 5.74) is 4.69. The van der Waals surface area contributed by atoms with Crippen LogP contribution in [0.1, 0.15) is 41.6 Å². The molecule has 1 aromatic heterocycles. The summed E-state index contributed by atoms with van der Waals surface area (Å²) in [6, 6.07) is 32.6. The number of carbonyl (C=O) groups excluding carboxylic acids is 2. The second kappa shape index (κ2) is 16.5. The minimum absolute atomic E-state index is 0.0531. The summed E-state index contributed by atoms with van der Waals surface area (Å²) < 4.78 is 19.9. The fourth-order valence-electron chi connectivity index (χ4n) is 5.74. The number of carbonyl (C=O) groups is 2. The lowest BCUT2D eigenvalue weighted by Gasteiger charge is -2.41. The minimum atomic E-state index is -0.879. The van der Waals surface area contributed by atoms with E-state index in [2.05, 4.69) is 33.1 Å². The molecule has 5 unspecified atom stereocenters. The highest BCUT2D eigenvalue weighted by Crippen LogP contribution is 2.43. The van der Waals surface area contributed by atoms with Crippen molar-refractivity contribution in [3.05, 3.63) is 131 Å². The van der Waals surface area contributed by atoms with Gasteiger partial charge in [0.2, 0.25) is 5.16 Å².